The minimum Gasteiger partial charge on any atom is -0.481 e. The summed E-state index contributed by atoms with van der Waals surface area (Å²) in [5.41, 5.74) is -0.00787. The lowest BCUT2D eigenvalue weighted by molar-refractivity contribution is -0.138. The van der Waals surface area contributed by atoms with Crippen LogP contribution in [0, 0.1) is 5.82 Å². The number of carbonyl (C=O) groups is 1. The summed E-state index contributed by atoms with van der Waals surface area (Å²) in [6, 6.07) is 6.52. The van der Waals surface area contributed by atoms with Gasteiger partial charge in [-0.15, -0.1) is 0 Å². The Labute approximate surface area is 99.7 Å². The molecule has 1 saturated heterocycles. The van der Waals surface area contributed by atoms with Gasteiger partial charge in [-0.3, -0.25) is 4.79 Å². The maximum atomic E-state index is 13.9. The Hall–Kier alpha value is -1.42. The third-order valence-electron chi connectivity index (χ3n) is 3.50. The molecule has 0 amide bonds. The van der Waals surface area contributed by atoms with Gasteiger partial charge in [0.25, 0.3) is 0 Å². The van der Waals surface area contributed by atoms with E-state index in [1.165, 1.54) is 6.07 Å². The highest BCUT2D eigenvalue weighted by Gasteiger charge is 2.37. The van der Waals surface area contributed by atoms with Crippen molar-refractivity contribution in [2.24, 2.45) is 0 Å². The van der Waals surface area contributed by atoms with Crippen molar-refractivity contribution < 1.29 is 14.3 Å². The van der Waals surface area contributed by atoms with Gasteiger partial charge < -0.3 is 10.4 Å². The van der Waals surface area contributed by atoms with E-state index in [0.29, 0.717) is 18.4 Å². The van der Waals surface area contributed by atoms with Gasteiger partial charge in [-0.2, -0.15) is 0 Å². The number of aliphatic carboxylic acids is 1. The third-order valence-corrected chi connectivity index (χ3v) is 3.50. The number of piperidine rings is 1. The van der Waals surface area contributed by atoms with Crippen LogP contribution in [0.1, 0.15) is 24.8 Å². The SMILES string of the molecule is O=C(O)CC1(c2ccccc2F)CCNCC1. The molecule has 0 spiro atoms. The molecule has 1 aliphatic heterocycles. The Balaban J connectivity index is 2.39. The number of rotatable bonds is 3. The van der Waals surface area contributed by atoms with Crippen LogP contribution in [0.3, 0.4) is 0 Å². The van der Waals surface area contributed by atoms with Crippen LogP contribution in [0.25, 0.3) is 0 Å². The average molecular weight is 237 g/mol. The van der Waals surface area contributed by atoms with Gasteiger partial charge in [-0.05, 0) is 37.6 Å². The second kappa shape index (κ2) is 4.84. The van der Waals surface area contributed by atoms with E-state index in [1.54, 1.807) is 18.2 Å². The molecule has 1 aliphatic rings. The Bertz CT molecular complexity index is 414. The molecule has 0 aliphatic carbocycles. The molecule has 0 bridgehead atoms. The van der Waals surface area contributed by atoms with Gasteiger partial charge in [0.1, 0.15) is 5.82 Å². The Kier molecular flexibility index (Phi) is 3.43. The number of halogens is 1. The summed E-state index contributed by atoms with van der Waals surface area (Å²) in [4.78, 5) is 11.0. The first-order valence-electron chi connectivity index (χ1n) is 5.82. The largest absolute Gasteiger partial charge is 0.481 e. The van der Waals surface area contributed by atoms with Crippen molar-refractivity contribution in [1.29, 1.82) is 0 Å². The number of carboxylic acids is 1. The molecule has 1 aromatic rings. The van der Waals surface area contributed by atoms with Crippen LogP contribution in [-0.2, 0) is 10.2 Å². The Morgan fingerprint density at radius 2 is 2.00 bits per heavy atom. The molecule has 0 aromatic heterocycles. The molecule has 0 saturated carbocycles. The summed E-state index contributed by atoms with van der Waals surface area (Å²) in [5.74, 6) is -1.16. The normalized spacial score (nSPS) is 18.9. The van der Waals surface area contributed by atoms with E-state index in [9.17, 15) is 9.18 Å². The lowest BCUT2D eigenvalue weighted by Gasteiger charge is -2.37. The fourth-order valence-electron chi connectivity index (χ4n) is 2.63. The van der Waals surface area contributed by atoms with Crippen LogP contribution in [-0.4, -0.2) is 24.2 Å². The molecular weight excluding hydrogens is 221 g/mol. The lowest BCUT2D eigenvalue weighted by Crippen LogP contribution is -2.41. The predicted octanol–water partition coefficient (Wildman–Crippen LogP) is 1.92. The highest BCUT2D eigenvalue weighted by Crippen LogP contribution is 2.38. The Morgan fingerprint density at radius 3 is 2.59 bits per heavy atom. The summed E-state index contributed by atoms with van der Waals surface area (Å²) < 4.78 is 13.9. The maximum Gasteiger partial charge on any atom is 0.304 e. The van der Waals surface area contributed by atoms with E-state index in [1.807, 2.05) is 0 Å². The molecule has 0 radical (unpaired) electrons. The van der Waals surface area contributed by atoms with Crippen molar-refractivity contribution in [3.05, 3.63) is 35.6 Å². The molecule has 1 heterocycles. The van der Waals surface area contributed by atoms with Crippen molar-refractivity contribution in [2.45, 2.75) is 24.7 Å². The first-order valence-corrected chi connectivity index (χ1v) is 5.82. The first kappa shape index (κ1) is 12.0. The molecule has 1 aromatic carbocycles. The van der Waals surface area contributed by atoms with E-state index in [0.717, 1.165) is 13.1 Å². The number of hydrogen-bond donors (Lipinski definition) is 2. The number of hydrogen-bond acceptors (Lipinski definition) is 2. The minimum absolute atomic E-state index is 0.00435. The predicted molar refractivity (Wildman–Crippen MR) is 62.4 cm³/mol. The molecule has 92 valence electrons. The van der Waals surface area contributed by atoms with Crippen molar-refractivity contribution in [3.63, 3.8) is 0 Å². The third kappa shape index (κ3) is 2.47. The smallest absolute Gasteiger partial charge is 0.304 e. The van der Waals surface area contributed by atoms with Gasteiger partial charge in [0.05, 0.1) is 6.42 Å². The van der Waals surface area contributed by atoms with E-state index in [4.69, 9.17) is 5.11 Å². The molecule has 2 N–H and O–H groups in total. The van der Waals surface area contributed by atoms with Gasteiger partial charge >= 0.3 is 5.97 Å². The first-order chi connectivity index (χ1) is 8.14. The zero-order valence-corrected chi connectivity index (χ0v) is 9.58. The van der Waals surface area contributed by atoms with Crippen LogP contribution in [0.5, 0.6) is 0 Å². The summed E-state index contributed by atoms with van der Waals surface area (Å²) in [6.45, 7) is 1.48. The van der Waals surface area contributed by atoms with E-state index in [2.05, 4.69) is 5.32 Å². The van der Waals surface area contributed by atoms with Gasteiger partial charge in [-0.25, -0.2) is 4.39 Å². The molecule has 17 heavy (non-hydrogen) atoms. The highest BCUT2D eigenvalue weighted by atomic mass is 19.1. The highest BCUT2D eigenvalue weighted by molar-refractivity contribution is 5.69. The number of benzene rings is 1. The van der Waals surface area contributed by atoms with Crippen LogP contribution in [0.15, 0.2) is 24.3 Å². The molecule has 3 nitrogen and oxygen atoms in total. The molecule has 1 fully saturated rings. The second-order valence-electron chi connectivity index (χ2n) is 4.58. The maximum absolute atomic E-state index is 13.9. The van der Waals surface area contributed by atoms with E-state index < -0.39 is 11.4 Å². The average Bonchev–Trinajstić information content (AvgIpc) is 2.29. The van der Waals surface area contributed by atoms with Crippen molar-refractivity contribution >= 4 is 5.97 Å². The lowest BCUT2D eigenvalue weighted by atomic mass is 9.70. The quantitative estimate of drug-likeness (QED) is 0.844. The summed E-state index contributed by atoms with van der Waals surface area (Å²) >= 11 is 0. The zero-order chi connectivity index (χ0) is 12.3. The fourth-order valence-corrected chi connectivity index (χ4v) is 2.63. The molecule has 0 atom stereocenters. The van der Waals surface area contributed by atoms with Crippen molar-refractivity contribution in [3.8, 4) is 0 Å². The second-order valence-corrected chi connectivity index (χ2v) is 4.58. The number of nitrogens with one attached hydrogen (secondary N) is 1. The Morgan fingerprint density at radius 1 is 1.35 bits per heavy atom. The van der Waals surface area contributed by atoms with E-state index in [-0.39, 0.29) is 12.2 Å². The fraction of sp³-hybridized carbons (Fsp3) is 0.462. The van der Waals surface area contributed by atoms with Gasteiger partial charge in [0.15, 0.2) is 0 Å². The van der Waals surface area contributed by atoms with Gasteiger partial charge in [0, 0.05) is 5.41 Å². The number of carboxylic acid groups (broad SMARTS) is 1. The molecule has 0 unspecified atom stereocenters. The van der Waals surface area contributed by atoms with Crippen molar-refractivity contribution in [2.75, 3.05) is 13.1 Å². The standard InChI is InChI=1S/C13H16FNO2/c14-11-4-2-1-3-10(11)13(9-12(16)17)5-7-15-8-6-13/h1-4,15H,5-9H2,(H,16,17). The summed E-state index contributed by atoms with van der Waals surface area (Å²) in [5, 5.41) is 12.2. The zero-order valence-electron chi connectivity index (χ0n) is 9.58. The summed E-state index contributed by atoms with van der Waals surface area (Å²) in [7, 11) is 0. The van der Waals surface area contributed by atoms with E-state index >= 15 is 0 Å². The summed E-state index contributed by atoms with van der Waals surface area (Å²) in [6.07, 6.45) is 1.33. The monoisotopic (exact) mass is 237 g/mol. The van der Waals surface area contributed by atoms with Crippen LogP contribution >= 0.6 is 0 Å². The van der Waals surface area contributed by atoms with Crippen molar-refractivity contribution in [1.82, 2.24) is 5.32 Å². The van der Waals surface area contributed by atoms with Crippen LogP contribution in [0.2, 0.25) is 0 Å². The van der Waals surface area contributed by atoms with Crippen LogP contribution in [0.4, 0.5) is 4.39 Å². The molecular formula is C13H16FNO2. The molecule has 2 rings (SSSR count). The molecule has 4 heteroatoms. The topological polar surface area (TPSA) is 49.3 Å². The van der Waals surface area contributed by atoms with Gasteiger partial charge in [-0.1, -0.05) is 18.2 Å². The minimum atomic E-state index is -0.866. The van der Waals surface area contributed by atoms with Gasteiger partial charge in [0.2, 0.25) is 0 Å². The van der Waals surface area contributed by atoms with Crippen LogP contribution < -0.4 is 5.32 Å².